The molecule has 0 radical (unpaired) electrons. The molecule has 1 aromatic rings. The first-order valence-corrected chi connectivity index (χ1v) is 9.00. The predicted molar refractivity (Wildman–Crippen MR) is 91.1 cm³/mol. The lowest BCUT2D eigenvalue weighted by Gasteiger charge is -2.40. The fourth-order valence-corrected chi connectivity index (χ4v) is 4.08. The Morgan fingerprint density at radius 3 is 2.61 bits per heavy atom. The lowest BCUT2D eigenvalue weighted by molar-refractivity contribution is -0.146. The first kappa shape index (κ1) is 16.5. The number of amides is 1. The number of halogens is 1. The van der Waals surface area contributed by atoms with Gasteiger partial charge in [-0.25, -0.2) is 0 Å². The molecule has 0 saturated heterocycles. The van der Waals surface area contributed by atoms with Crippen molar-refractivity contribution in [1.82, 2.24) is 5.32 Å². The predicted octanol–water partition coefficient (Wildman–Crippen LogP) is 3.70. The van der Waals surface area contributed by atoms with Crippen molar-refractivity contribution in [3.63, 3.8) is 0 Å². The van der Waals surface area contributed by atoms with Crippen LogP contribution in [-0.4, -0.2) is 22.5 Å². The van der Waals surface area contributed by atoms with Crippen molar-refractivity contribution >= 4 is 27.8 Å². The van der Waals surface area contributed by atoms with E-state index in [0.29, 0.717) is 6.42 Å². The highest BCUT2D eigenvalue weighted by molar-refractivity contribution is 9.10. The third-order valence-corrected chi connectivity index (χ3v) is 5.87. The second-order valence-electron chi connectivity index (χ2n) is 7.04. The number of hydrogen-bond acceptors (Lipinski definition) is 2. The SMILES string of the molecule is CC1(NC(=O)C2CC2c2ccc(Br)cc2)CCCCC1C(=O)O. The van der Waals surface area contributed by atoms with Crippen LogP contribution < -0.4 is 5.32 Å². The van der Waals surface area contributed by atoms with Crippen molar-refractivity contribution in [2.24, 2.45) is 11.8 Å². The molecule has 2 N–H and O–H groups in total. The molecular weight excluding hydrogens is 358 g/mol. The van der Waals surface area contributed by atoms with Gasteiger partial charge >= 0.3 is 5.97 Å². The van der Waals surface area contributed by atoms with E-state index in [4.69, 9.17) is 0 Å². The lowest BCUT2D eigenvalue weighted by atomic mass is 9.73. The fourth-order valence-electron chi connectivity index (χ4n) is 3.82. The summed E-state index contributed by atoms with van der Waals surface area (Å²) >= 11 is 3.42. The van der Waals surface area contributed by atoms with Crippen LogP contribution in [0.15, 0.2) is 28.7 Å². The molecule has 0 aliphatic heterocycles. The Hall–Kier alpha value is -1.36. The highest BCUT2D eigenvalue weighted by Gasteiger charge is 2.48. The number of aliphatic carboxylic acids is 1. The molecule has 0 aromatic heterocycles. The van der Waals surface area contributed by atoms with Crippen LogP contribution in [0.1, 0.15) is 50.5 Å². The molecule has 2 aliphatic rings. The number of benzene rings is 1. The number of carbonyl (C=O) groups excluding carboxylic acids is 1. The lowest BCUT2D eigenvalue weighted by Crippen LogP contribution is -2.55. The molecule has 1 amide bonds. The Labute approximate surface area is 144 Å². The van der Waals surface area contributed by atoms with Gasteiger partial charge in [0, 0.05) is 10.4 Å². The van der Waals surface area contributed by atoms with Crippen molar-refractivity contribution < 1.29 is 14.7 Å². The number of carboxylic acids is 1. The van der Waals surface area contributed by atoms with Crippen LogP contribution in [-0.2, 0) is 9.59 Å². The number of carbonyl (C=O) groups is 2. The van der Waals surface area contributed by atoms with Crippen LogP contribution in [0.4, 0.5) is 0 Å². The Kier molecular flexibility index (Phi) is 4.50. The summed E-state index contributed by atoms with van der Waals surface area (Å²) in [4.78, 5) is 24.1. The smallest absolute Gasteiger partial charge is 0.308 e. The monoisotopic (exact) mass is 379 g/mol. The van der Waals surface area contributed by atoms with Gasteiger partial charge in [-0.05, 0) is 49.8 Å². The number of rotatable bonds is 4. The van der Waals surface area contributed by atoms with Gasteiger partial charge in [0.15, 0.2) is 0 Å². The summed E-state index contributed by atoms with van der Waals surface area (Å²) in [6.07, 6.45) is 4.13. The molecule has 4 unspecified atom stereocenters. The van der Waals surface area contributed by atoms with E-state index in [1.807, 2.05) is 31.2 Å². The van der Waals surface area contributed by atoms with E-state index < -0.39 is 17.4 Å². The van der Waals surface area contributed by atoms with Gasteiger partial charge in [-0.1, -0.05) is 40.9 Å². The molecule has 0 bridgehead atoms. The Bertz CT molecular complexity index is 615. The van der Waals surface area contributed by atoms with Gasteiger partial charge in [-0.2, -0.15) is 0 Å². The van der Waals surface area contributed by atoms with E-state index in [-0.39, 0.29) is 17.7 Å². The van der Waals surface area contributed by atoms with Gasteiger partial charge in [-0.3, -0.25) is 9.59 Å². The summed E-state index contributed by atoms with van der Waals surface area (Å²) in [5.41, 5.74) is 0.561. The first-order chi connectivity index (χ1) is 10.9. The highest BCUT2D eigenvalue weighted by atomic mass is 79.9. The normalized spacial score (nSPS) is 33.0. The maximum atomic E-state index is 12.6. The Balaban J connectivity index is 1.65. The molecule has 2 aliphatic carbocycles. The fraction of sp³-hybridized carbons (Fsp3) is 0.556. The third kappa shape index (κ3) is 3.44. The van der Waals surface area contributed by atoms with E-state index in [9.17, 15) is 14.7 Å². The van der Waals surface area contributed by atoms with Gasteiger partial charge in [0.05, 0.1) is 11.5 Å². The average Bonchev–Trinajstić information content (AvgIpc) is 3.28. The third-order valence-electron chi connectivity index (χ3n) is 5.34. The Morgan fingerprint density at radius 2 is 1.96 bits per heavy atom. The Morgan fingerprint density at radius 1 is 1.26 bits per heavy atom. The molecule has 2 fully saturated rings. The molecule has 124 valence electrons. The second-order valence-corrected chi connectivity index (χ2v) is 7.96. The van der Waals surface area contributed by atoms with Crippen molar-refractivity contribution in [3.05, 3.63) is 34.3 Å². The van der Waals surface area contributed by atoms with Gasteiger partial charge in [-0.15, -0.1) is 0 Å². The largest absolute Gasteiger partial charge is 0.481 e. The quantitative estimate of drug-likeness (QED) is 0.837. The van der Waals surface area contributed by atoms with Crippen LogP contribution >= 0.6 is 15.9 Å². The minimum absolute atomic E-state index is 0.00793. The molecule has 4 nitrogen and oxygen atoms in total. The minimum atomic E-state index is -0.798. The molecule has 2 saturated carbocycles. The maximum Gasteiger partial charge on any atom is 0.308 e. The number of nitrogens with one attached hydrogen (secondary N) is 1. The van der Waals surface area contributed by atoms with Crippen LogP contribution in [0.25, 0.3) is 0 Å². The zero-order valence-corrected chi connectivity index (χ0v) is 14.8. The number of hydrogen-bond donors (Lipinski definition) is 2. The van der Waals surface area contributed by atoms with Gasteiger partial charge in [0.1, 0.15) is 0 Å². The van der Waals surface area contributed by atoms with E-state index in [2.05, 4.69) is 21.2 Å². The molecule has 0 spiro atoms. The molecule has 23 heavy (non-hydrogen) atoms. The summed E-state index contributed by atoms with van der Waals surface area (Å²) in [5.74, 6) is -1.03. The molecule has 5 heteroatoms. The zero-order valence-electron chi connectivity index (χ0n) is 13.2. The summed E-state index contributed by atoms with van der Waals surface area (Å²) in [6.45, 7) is 1.89. The van der Waals surface area contributed by atoms with Crippen molar-refractivity contribution in [2.75, 3.05) is 0 Å². The summed E-state index contributed by atoms with van der Waals surface area (Å²) in [5, 5.41) is 12.5. The molecular formula is C18H22BrNO3. The highest BCUT2D eigenvalue weighted by Crippen LogP contribution is 2.48. The van der Waals surface area contributed by atoms with Crippen LogP contribution in [0.3, 0.4) is 0 Å². The van der Waals surface area contributed by atoms with Gasteiger partial charge < -0.3 is 10.4 Å². The molecule has 4 atom stereocenters. The van der Waals surface area contributed by atoms with Gasteiger partial charge in [0.25, 0.3) is 0 Å². The maximum absolute atomic E-state index is 12.6. The zero-order chi connectivity index (χ0) is 16.6. The van der Waals surface area contributed by atoms with Crippen molar-refractivity contribution in [3.8, 4) is 0 Å². The standard InChI is InChI=1S/C18H22BrNO3/c1-18(9-3-2-4-15(18)17(22)23)20-16(21)14-10-13(14)11-5-7-12(19)8-6-11/h5-8,13-15H,2-4,9-10H2,1H3,(H,20,21)(H,22,23). The summed E-state index contributed by atoms with van der Waals surface area (Å²) in [7, 11) is 0. The van der Waals surface area contributed by atoms with Crippen molar-refractivity contribution in [2.45, 2.75) is 50.5 Å². The second kappa shape index (κ2) is 6.27. The van der Waals surface area contributed by atoms with E-state index in [1.165, 1.54) is 5.56 Å². The first-order valence-electron chi connectivity index (χ1n) is 8.21. The molecule has 3 rings (SSSR count). The van der Waals surface area contributed by atoms with Crippen molar-refractivity contribution in [1.29, 1.82) is 0 Å². The average molecular weight is 380 g/mol. The molecule has 1 aromatic carbocycles. The minimum Gasteiger partial charge on any atom is -0.481 e. The number of carboxylic acid groups (broad SMARTS) is 1. The van der Waals surface area contributed by atoms with Crippen LogP contribution in [0.2, 0.25) is 0 Å². The van der Waals surface area contributed by atoms with Crippen LogP contribution in [0.5, 0.6) is 0 Å². The van der Waals surface area contributed by atoms with E-state index in [0.717, 1.165) is 30.2 Å². The van der Waals surface area contributed by atoms with Crippen LogP contribution in [0, 0.1) is 11.8 Å². The topological polar surface area (TPSA) is 66.4 Å². The van der Waals surface area contributed by atoms with E-state index >= 15 is 0 Å². The van der Waals surface area contributed by atoms with Gasteiger partial charge in [0.2, 0.25) is 5.91 Å². The summed E-state index contributed by atoms with van der Waals surface area (Å²) in [6, 6.07) is 8.08. The summed E-state index contributed by atoms with van der Waals surface area (Å²) < 4.78 is 1.03. The van der Waals surface area contributed by atoms with E-state index in [1.54, 1.807) is 0 Å². The molecule has 0 heterocycles.